The first-order valence-electron chi connectivity index (χ1n) is 12.5. The number of esters is 1. The maximum atomic E-state index is 13.5. The van der Waals surface area contributed by atoms with E-state index in [-0.39, 0.29) is 22.9 Å². The molecule has 0 fully saturated rings. The van der Waals surface area contributed by atoms with Crippen molar-refractivity contribution in [1.29, 1.82) is 0 Å². The molecule has 0 bridgehead atoms. The molecule has 0 N–H and O–H groups in total. The van der Waals surface area contributed by atoms with E-state index in [1.807, 2.05) is 0 Å². The van der Waals surface area contributed by atoms with Gasteiger partial charge in [-0.3, -0.25) is 25.0 Å². The Kier molecular flexibility index (Phi) is 8.83. The lowest BCUT2D eigenvalue weighted by Gasteiger charge is -2.11. The van der Waals surface area contributed by atoms with Crippen molar-refractivity contribution in [3.8, 4) is 17.1 Å². The largest absolute Gasteiger partial charge is 0.421 e. The van der Waals surface area contributed by atoms with Crippen LogP contribution in [-0.4, -0.2) is 31.7 Å². The molecule has 0 aliphatic rings. The highest BCUT2D eigenvalue weighted by Gasteiger charge is 2.16. The van der Waals surface area contributed by atoms with Crippen LogP contribution in [0.15, 0.2) is 110 Å². The summed E-state index contributed by atoms with van der Waals surface area (Å²) in [5.74, 6) is -0.554. The van der Waals surface area contributed by atoms with E-state index in [4.69, 9.17) is 4.74 Å². The molecular weight excluding hydrogens is 702 g/mol. The van der Waals surface area contributed by atoms with Gasteiger partial charge in [-0.2, -0.15) is 9.78 Å². The molecule has 0 saturated carbocycles. The van der Waals surface area contributed by atoms with E-state index < -0.39 is 21.4 Å². The van der Waals surface area contributed by atoms with Crippen LogP contribution in [0.25, 0.3) is 28.4 Å². The summed E-state index contributed by atoms with van der Waals surface area (Å²) >= 11 is 6.79. The number of benzene rings is 4. The zero-order chi connectivity index (χ0) is 31.4. The van der Waals surface area contributed by atoms with Crippen molar-refractivity contribution in [1.82, 2.24) is 9.66 Å². The molecule has 0 amide bonds. The molecule has 0 saturated heterocycles. The molecule has 5 aromatic rings. The molecular formula is C30H17Br2N5O7. The second-order valence-corrected chi connectivity index (χ2v) is 10.8. The first-order chi connectivity index (χ1) is 21.1. The Morgan fingerprint density at radius 1 is 0.909 bits per heavy atom. The van der Waals surface area contributed by atoms with Crippen LogP contribution < -0.4 is 10.3 Å². The van der Waals surface area contributed by atoms with E-state index in [0.717, 1.165) is 10.8 Å². The van der Waals surface area contributed by atoms with Crippen LogP contribution >= 0.6 is 31.9 Å². The van der Waals surface area contributed by atoms with Gasteiger partial charge in [0.2, 0.25) is 0 Å². The number of carbonyl (C=O) groups excluding carboxylic acids is 1. The summed E-state index contributed by atoms with van der Waals surface area (Å²) in [5.41, 5.74) is 0.801. The number of non-ortho nitro benzene ring substituents is 2. The molecule has 0 atom stereocenters. The first kappa shape index (κ1) is 30.1. The van der Waals surface area contributed by atoms with Crippen LogP contribution in [0.3, 0.4) is 0 Å². The average Bonchev–Trinajstić information content (AvgIpc) is 3.01. The number of nitro benzene ring substituents is 2. The fraction of sp³-hybridized carbons (Fsp3) is 0. The summed E-state index contributed by atoms with van der Waals surface area (Å²) in [7, 11) is 0. The minimum atomic E-state index is -0.773. The lowest BCUT2D eigenvalue weighted by atomic mass is 10.1. The Morgan fingerprint density at radius 3 is 2.36 bits per heavy atom. The monoisotopic (exact) mass is 717 g/mol. The van der Waals surface area contributed by atoms with Crippen molar-refractivity contribution in [2.24, 2.45) is 5.10 Å². The maximum absolute atomic E-state index is 13.5. The zero-order valence-corrected chi connectivity index (χ0v) is 25.3. The third-order valence-electron chi connectivity index (χ3n) is 6.14. The van der Waals surface area contributed by atoms with Gasteiger partial charge in [0.1, 0.15) is 0 Å². The van der Waals surface area contributed by atoms with Crippen LogP contribution in [-0.2, 0) is 4.79 Å². The van der Waals surface area contributed by atoms with Gasteiger partial charge >= 0.3 is 5.97 Å². The van der Waals surface area contributed by atoms with E-state index >= 15 is 0 Å². The summed E-state index contributed by atoms with van der Waals surface area (Å²) in [6.07, 6.45) is 3.82. The molecule has 4 aromatic carbocycles. The van der Waals surface area contributed by atoms with Crippen molar-refractivity contribution >= 4 is 72.4 Å². The summed E-state index contributed by atoms with van der Waals surface area (Å²) in [6.45, 7) is 0. The predicted octanol–water partition coefficient (Wildman–Crippen LogP) is 6.91. The normalized spacial score (nSPS) is 11.3. The van der Waals surface area contributed by atoms with E-state index in [1.165, 1.54) is 54.8 Å². The Bertz CT molecular complexity index is 2080. The first-order valence-corrected chi connectivity index (χ1v) is 14.1. The number of nitrogens with zero attached hydrogens (tertiary/aromatic N) is 5. The number of aromatic nitrogens is 2. The van der Waals surface area contributed by atoms with Crippen molar-refractivity contribution in [2.75, 3.05) is 0 Å². The van der Waals surface area contributed by atoms with Gasteiger partial charge < -0.3 is 4.74 Å². The summed E-state index contributed by atoms with van der Waals surface area (Å²) in [6, 6.07) is 21.3. The number of carbonyl (C=O) groups is 1. The molecule has 0 spiro atoms. The van der Waals surface area contributed by atoms with E-state index in [9.17, 15) is 29.8 Å². The predicted molar refractivity (Wildman–Crippen MR) is 171 cm³/mol. The van der Waals surface area contributed by atoms with E-state index in [0.29, 0.717) is 36.5 Å². The molecule has 0 radical (unpaired) electrons. The molecule has 0 aliphatic heterocycles. The average molecular weight is 719 g/mol. The number of fused-ring (bicyclic) bond motifs is 1. The maximum Gasteiger partial charge on any atom is 0.336 e. The highest BCUT2D eigenvalue weighted by atomic mass is 79.9. The van der Waals surface area contributed by atoms with E-state index in [1.54, 1.807) is 42.5 Å². The van der Waals surface area contributed by atoms with Gasteiger partial charge in [0.15, 0.2) is 11.6 Å². The van der Waals surface area contributed by atoms with Gasteiger partial charge in [-0.25, -0.2) is 9.78 Å². The third kappa shape index (κ3) is 6.66. The number of halogens is 2. The number of rotatable bonds is 8. The number of nitro groups is 2. The van der Waals surface area contributed by atoms with E-state index in [2.05, 4.69) is 41.9 Å². The van der Waals surface area contributed by atoms with Gasteiger partial charge in [-0.15, -0.1) is 0 Å². The fourth-order valence-electron chi connectivity index (χ4n) is 4.09. The molecule has 14 heteroatoms. The van der Waals surface area contributed by atoms with Crippen LogP contribution in [0.4, 0.5) is 11.4 Å². The third-order valence-corrected chi connectivity index (χ3v) is 7.18. The van der Waals surface area contributed by atoms with Gasteiger partial charge in [0.05, 0.1) is 31.4 Å². The zero-order valence-electron chi connectivity index (χ0n) is 22.2. The molecule has 1 heterocycles. The SMILES string of the molecule is O=C(/C=C/c1cccc([N+](=O)[O-])c1)Oc1c(Br)cc(Br)cc1C=Nn1c(-c2ccc([N+](=O)[O-])cc2)nc2ccccc2c1=O. The molecule has 5 rings (SSSR count). The van der Waals surface area contributed by atoms with Gasteiger partial charge in [-0.05, 0) is 64.0 Å². The van der Waals surface area contributed by atoms with Crippen molar-refractivity contribution in [2.45, 2.75) is 0 Å². The Morgan fingerprint density at radius 2 is 1.64 bits per heavy atom. The van der Waals surface area contributed by atoms with Gasteiger partial charge in [-0.1, -0.05) is 40.2 Å². The number of hydrogen-bond donors (Lipinski definition) is 0. The van der Waals surface area contributed by atoms with Gasteiger partial charge in [0.25, 0.3) is 16.9 Å². The number of hydrogen-bond acceptors (Lipinski definition) is 9. The van der Waals surface area contributed by atoms with Crippen LogP contribution in [0.1, 0.15) is 11.1 Å². The molecule has 0 unspecified atom stereocenters. The standard InChI is InChI=1S/C30H17Br2N5O7/c31-21-15-20(28(25(32)16-21)44-27(38)13-8-18-4-3-5-23(14-18)37(42)43)17-33-35-29(19-9-11-22(12-10-19)36(40)41)34-26-7-2-1-6-24(26)30(35)39/h1-17H/b13-8+,33-17?. The molecule has 0 aliphatic carbocycles. The number of ether oxygens (including phenoxy) is 1. The Hall–Kier alpha value is -5.34. The van der Waals surface area contributed by atoms with Crippen LogP contribution in [0.2, 0.25) is 0 Å². The minimum absolute atomic E-state index is 0.0873. The Balaban J connectivity index is 1.53. The molecule has 218 valence electrons. The topological polar surface area (TPSA) is 160 Å². The molecule has 12 nitrogen and oxygen atoms in total. The second kappa shape index (κ2) is 12.9. The minimum Gasteiger partial charge on any atom is -0.421 e. The molecule has 1 aromatic heterocycles. The summed E-state index contributed by atoms with van der Waals surface area (Å²) < 4.78 is 7.65. The summed E-state index contributed by atoms with van der Waals surface area (Å²) in [4.78, 5) is 52.0. The fourth-order valence-corrected chi connectivity index (χ4v) is 5.43. The van der Waals surface area contributed by atoms with Crippen LogP contribution in [0.5, 0.6) is 5.75 Å². The Labute approximate surface area is 264 Å². The van der Waals surface area contributed by atoms with Crippen molar-refractivity contribution < 1.29 is 19.4 Å². The highest BCUT2D eigenvalue weighted by molar-refractivity contribution is 9.11. The lowest BCUT2D eigenvalue weighted by molar-refractivity contribution is -0.385. The molecule has 44 heavy (non-hydrogen) atoms. The lowest BCUT2D eigenvalue weighted by Crippen LogP contribution is -2.20. The smallest absolute Gasteiger partial charge is 0.336 e. The quantitative estimate of drug-likeness (QED) is 0.0418. The second-order valence-electron chi connectivity index (χ2n) is 9.03. The van der Waals surface area contributed by atoms with Crippen LogP contribution in [0, 0.1) is 20.2 Å². The highest BCUT2D eigenvalue weighted by Crippen LogP contribution is 2.32. The summed E-state index contributed by atoms with van der Waals surface area (Å²) in [5, 5.41) is 26.9. The van der Waals surface area contributed by atoms with Crippen molar-refractivity contribution in [3.05, 3.63) is 142 Å². The van der Waals surface area contributed by atoms with Gasteiger partial charge in [0, 0.05) is 45.9 Å². The number of para-hydroxylation sites is 1. The van der Waals surface area contributed by atoms with Crippen molar-refractivity contribution in [3.63, 3.8) is 0 Å².